The summed E-state index contributed by atoms with van der Waals surface area (Å²) in [6, 6.07) is 2.31. The summed E-state index contributed by atoms with van der Waals surface area (Å²) in [4.78, 5) is 26.3. The van der Waals surface area contributed by atoms with Crippen LogP contribution in [0.4, 0.5) is 5.69 Å². The molecule has 0 radical (unpaired) electrons. The second kappa shape index (κ2) is 6.55. The Labute approximate surface area is 141 Å². The minimum Gasteiger partial charge on any atom is -0.342 e. The van der Waals surface area contributed by atoms with E-state index in [2.05, 4.69) is 21.2 Å². The topological polar surface area (TPSA) is 49.4 Å². The van der Waals surface area contributed by atoms with Gasteiger partial charge in [-0.3, -0.25) is 14.5 Å². The van der Waals surface area contributed by atoms with Gasteiger partial charge in [0.25, 0.3) is 0 Å². The lowest BCUT2D eigenvalue weighted by Gasteiger charge is -2.38. The molecule has 2 atom stereocenters. The molecule has 1 aromatic carbocycles. The van der Waals surface area contributed by atoms with Gasteiger partial charge in [-0.2, -0.15) is 0 Å². The maximum atomic E-state index is 12.6. The van der Waals surface area contributed by atoms with Crippen LogP contribution in [0.15, 0.2) is 16.6 Å². The first-order chi connectivity index (χ1) is 9.92. The van der Waals surface area contributed by atoms with E-state index in [-0.39, 0.29) is 16.8 Å². The monoisotopic (exact) mass is 392 g/mol. The van der Waals surface area contributed by atoms with Crippen LogP contribution in [-0.2, 0) is 9.59 Å². The number of hydrogen-bond donors (Lipinski definition) is 1. The number of nitrogens with zero attached hydrogens (tertiary/aromatic N) is 1. The minimum absolute atomic E-state index is 0.163. The first kappa shape index (κ1) is 16.6. The van der Waals surface area contributed by atoms with Crippen LogP contribution in [0.5, 0.6) is 0 Å². The van der Waals surface area contributed by atoms with Crippen LogP contribution in [0.1, 0.15) is 26.7 Å². The highest BCUT2D eigenvalue weighted by Gasteiger charge is 2.40. The van der Waals surface area contributed by atoms with Crippen molar-refractivity contribution in [2.45, 2.75) is 38.8 Å². The third kappa shape index (κ3) is 2.91. The predicted octanol–water partition coefficient (Wildman–Crippen LogP) is 3.78. The quantitative estimate of drug-likeness (QED) is 0.794. The summed E-state index contributed by atoms with van der Waals surface area (Å²) in [5.41, 5.74) is 0.468. The highest BCUT2D eigenvalue weighted by Crippen LogP contribution is 2.39. The van der Waals surface area contributed by atoms with Gasteiger partial charge in [0, 0.05) is 4.47 Å². The molecule has 0 aliphatic carbocycles. The van der Waals surface area contributed by atoms with Crippen molar-refractivity contribution >= 4 is 56.6 Å². The third-order valence-electron chi connectivity index (χ3n) is 3.54. The van der Waals surface area contributed by atoms with Crippen LogP contribution in [0.25, 0.3) is 0 Å². The molecule has 2 amide bonds. The average Bonchev–Trinajstić information content (AvgIpc) is 2.47. The molecule has 1 heterocycles. The zero-order valence-corrected chi connectivity index (χ0v) is 14.7. The largest absolute Gasteiger partial charge is 0.342 e. The Morgan fingerprint density at radius 2 is 1.86 bits per heavy atom. The molecule has 0 aromatic heterocycles. The normalized spacial score (nSPS) is 22.4. The predicted molar refractivity (Wildman–Crippen MR) is 87.9 cm³/mol. The van der Waals surface area contributed by atoms with Gasteiger partial charge in [0.05, 0.1) is 15.7 Å². The van der Waals surface area contributed by atoms with Crippen molar-refractivity contribution in [3.8, 4) is 0 Å². The number of carbonyl (C=O) groups excluding carboxylic acids is 2. The second-order valence-electron chi connectivity index (χ2n) is 4.80. The number of nitrogens with one attached hydrogen (secondary N) is 1. The molecule has 4 nitrogen and oxygen atoms in total. The van der Waals surface area contributed by atoms with E-state index in [4.69, 9.17) is 23.2 Å². The van der Waals surface area contributed by atoms with E-state index >= 15 is 0 Å². The molecular formula is C14H15BrCl2N2O2. The number of anilines is 1. The molecule has 2 rings (SSSR count). The van der Waals surface area contributed by atoms with Gasteiger partial charge >= 0.3 is 0 Å². The molecule has 21 heavy (non-hydrogen) atoms. The molecule has 1 aliphatic rings. The lowest BCUT2D eigenvalue weighted by Crippen LogP contribution is -2.63. The van der Waals surface area contributed by atoms with Gasteiger partial charge in [-0.05, 0) is 40.9 Å². The second-order valence-corrected chi connectivity index (χ2v) is 6.41. The number of amides is 2. The summed E-state index contributed by atoms with van der Waals surface area (Å²) in [7, 11) is 0. The van der Waals surface area contributed by atoms with E-state index in [0.29, 0.717) is 28.0 Å². The molecule has 1 N–H and O–H groups in total. The van der Waals surface area contributed by atoms with E-state index < -0.39 is 12.1 Å². The first-order valence-corrected chi connectivity index (χ1v) is 8.24. The Kier molecular flexibility index (Phi) is 5.17. The molecule has 1 aromatic rings. The smallest absolute Gasteiger partial charge is 0.250 e. The third-order valence-corrected chi connectivity index (χ3v) is 5.30. The molecule has 2 unspecified atom stereocenters. The van der Waals surface area contributed by atoms with Crippen molar-refractivity contribution in [3.05, 3.63) is 26.7 Å². The number of rotatable bonds is 3. The average molecular weight is 394 g/mol. The van der Waals surface area contributed by atoms with Crippen LogP contribution in [-0.4, -0.2) is 23.9 Å². The van der Waals surface area contributed by atoms with Gasteiger partial charge in [-0.15, -0.1) is 0 Å². The summed E-state index contributed by atoms with van der Waals surface area (Å²) < 4.78 is 0.645. The summed E-state index contributed by atoms with van der Waals surface area (Å²) in [5.74, 6) is -0.330. The van der Waals surface area contributed by atoms with Gasteiger partial charge < -0.3 is 5.32 Å². The van der Waals surface area contributed by atoms with E-state index in [0.717, 1.165) is 0 Å². The summed E-state index contributed by atoms with van der Waals surface area (Å²) in [6.45, 7) is 3.70. The standard InChI is InChI=1S/C14H15BrCl2N2O2/c1-3-8-14(21)19(9(4-2)13(20)18-8)10-6-5-7(15)11(16)12(10)17/h5-6,8-9H,3-4H2,1-2H3,(H,18,20). The van der Waals surface area contributed by atoms with Crippen molar-refractivity contribution in [2.75, 3.05) is 4.90 Å². The van der Waals surface area contributed by atoms with Crippen LogP contribution in [0.3, 0.4) is 0 Å². The fourth-order valence-corrected chi connectivity index (χ4v) is 3.26. The Bertz CT molecular complexity index is 595. The van der Waals surface area contributed by atoms with Crippen LogP contribution in [0, 0.1) is 0 Å². The van der Waals surface area contributed by atoms with Gasteiger partial charge in [-0.25, -0.2) is 0 Å². The Hall–Kier alpha value is -0.780. The number of benzene rings is 1. The van der Waals surface area contributed by atoms with Gasteiger partial charge in [0.15, 0.2) is 0 Å². The van der Waals surface area contributed by atoms with Crippen LogP contribution < -0.4 is 10.2 Å². The lowest BCUT2D eigenvalue weighted by atomic mass is 10.0. The maximum Gasteiger partial charge on any atom is 0.250 e. The van der Waals surface area contributed by atoms with E-state index in [1.54, 1.807) is 12.1 Å². The molecule has 1 saturated heterocycles. The number of piperazine rings is 1. The van der Waals surface area contributed by atoms with Gasteiger partial charge in [0.1, 0.15) is 12.1 Å². The Morgan fingerprint density at radius 3 is 2.43 bits per heavy atom. The van der Waals surface area contributed by atoms with Crippen molar-refractivity contribution in [2.24, 2.45) is 0 Å². The fourth-order valence-electron chi connectivity index (χ4n) is 2.40. The van der Waals surface area contributed by atoms with Crippen LogP contribution >= 0.6 is 39.1 Å². The fraction of sp³-hybridized carbons (Fsp3) is 0.429. The number of halogens is 3. The SMILES string of the molecule is CCC1NC(=O)C(CC)N(c2ccc(Br)c(Cl)c2Cl)C1=O. The highest BCUT2D eigenvalue weighted by molar-refractivity contribution is 9.10. The summed E-state index contributed by atoms with van der Waals surface area (Å²) in [6.07, 6.45) is 1.03. The number of carbonyl (C=O) groups is 2. The molecule has 7 heteroatoms. The molecule has 0 bridgehead atoms. The van der Waals surface area contributed by atoms with Gasteiger partial charge in [-0.1, -0.05) is 37.0 Å². The molecule has 1 fully saturated rings. The highest BCUT2D eigenvalue weighted by atomic mass is 79.9. The molecule has 114 valence electrons. The van der Waals surface area contributed by atoms with Gasteiger partial charge in [0.2, 0.25) is 11.8 Å². The van der Waals surface area contributed by atoms with Crippen molar-refractivity contribution < 1.29 is 9.59 Å². The van der Waals surface area contributed by atoms with Crippen molar-refractivity contribution in [1.29, 1.82) is 0 Å². The van der Waals surface area contributed by atoms with Crippen molar-refractivity contribution in [3.63, 3.8) is 0 Å². The summed E-state index contributed by atoms with van der Waals surface area (Å²) >= 11 is 15.7. The molecule has 0 saturated carbocycles. The molecule has 0 spiro atoms. The lowest BCUT2D eigenvalue weighted by molar-refractivity contribution is -0.134. The zero-order valence-electron chi connectivity index (χ0n) is 11.6. The van der Waals surface area contributed by atoms with E-state index in [9.17, 15) is 9.59 Å². The molecule has 1 aliphatic heterocycles. The number of hydrogen-bond acceptors (Lipinski definition) is 2. The van der Waals surface area contributed by atoms with E-state index in [1.807, 2.05) is 13.8 Å². The minimum atomic E-state index is -0.574. The summed E-state index contributed by atoms with van der Waals surface area (Å²) in [5, 5.41) is 3.34. The molecular weight excluding hydrogens is 379 g/mol. The van der Waals surface area contributed by atoms with Crippen LogP contribution in [0.2, 0.25) is 10.0 Å². The maximum absolute atomic E-state index is 12.6. The van der Waals surface area contributed by atoms with Crippen molar-refractivity contribution in [1.82, 2.24) is 5.32 Å². The Balaban J connectivity index is 2.54. The van der Waals surface area contributed by atoms with E-state index in [1.165, 1.54) is 4.90 Å². The zero-order chi connectivity index (χ0) is 15.7. The first-order valence-electron chi connectivity index (χ1n) is 6.69. The Morgan fingerprint density at radius 1 is 1.19 bits per heavy atom.